The van der Waals surface area contributed by atoms with Crippen molar-refractivity contribution in [2.24, 2.45) is 10.7 Å². The molecule has 0 bridgehead atoms. The standard InChI is InChI=1S/C19H18F4N4O2S/c1-18(4-5-30-17(24)27-18)12-6-11(2-3-13(12)20)7-15(28)14-8-26-16(9-25-14)29-10-19(21,22)23/h2-3,6,8-9H,4-5,7,10H2,1H3,(H2,24,27)/t18-/m0/s1. The first kappa shape index (κ1) is 22.0. The summed E-state index contributed by atoms with van der Waals surface area (Å²) in [6.45, 7) is 0.284. The van der Waals surface area contributed by atoms with Crippen LogP contribution in [0.5, 0.6) is 5.88 Å². The molecule has 30 heavy (non-hydrogen) atoms. The van der Waals surface area contributed by atoms with Gasteiger partial charge in [0.05, 0.1) is 17.9 Å². The summed E-state index contributed by atoms with van der Waals surface area (Å²) in [6, 6.07) is 4.34. The Morgan fingerprint density at radius 2 is 2.07 bits per heavy atom. The molecule has 0 unspecified atom stereocenters. The molecule has 2 heterocycles. The molecule has 3 rings (SSSR count). The zero-order chi connectivity index (χ0) is 21.9. The fourth-order valence-electron chi connectivity index (χ4n) is 2.94. The van der Waals surface area contributed by atoms with E-state index in [1.165, 1.54) is 23.9 Å². The van der Waals surface area contributed by atoms with E-state index in [4.69, 9.17) is 5.73 Å². The zero-order valence-electron chi connectivity index (χ0n) is 15.9. The lowest BCUT2D eigenvalue weighted by molar-refractivity contribution is -0.154. The van der Waals surface area contributed by atoms with Gasteiger partial charge in [-0.15, -0.1) is 0 Å². The van der Waals surface area contributed by atoms with Gasteiger partial charge in [-0.25, -0.2) is 14.4 Å². The second kappa shape index (κ2) is 8.58. The number of aliphatic imine (C=N–C) groups is 1. The normalized spacial score (nSPS) is 19.3. The molecule has 0 saturated heterocycles. The van der Waals surface area contributed by atoms with Crippen LogP contribution in [0.1, 0.15) is 35.0 Å². The summed E-state index contributed by atoms with van der Waals surface area (Å²) in [5, 5.41) is 0.382. The van der Waals surface area contributed by atoms with Crippen molar-refractivity contribution >= 4 is 22.7 Å². The number of Topliss-reactive ketones (excluding diaryl/α,β-unsaturated/α-hetero) is 1. The van der Waals surface area contributed by atoms with Gasteiger partial charge in [0.25, 0.3) is 0 Å². The summed E-state index contributed by atoms with van der Waals surface area (Å²) < 4.78 is 55.4. The van der Waals surface area contributed by atoms with Gasteiger partial charge >= 0.3 is 6.18 Å². The number of nitrogens with zero attached hydrogens (tertiary/aromatic N) is 3. The SMILES string of the molecule is C[C@@]1(c2cc(CC(=O)c3cnc(OCC(F)(F)F)cn3)ccc2F)CCSC(N)=N1. The molecule has 0 aliphatic carbocycles. The molecular formula is C19H18F4N4O2S. The van der Waals surface area contributed by atoms with E-state index >= 15 is 0 Å². The summed E-state index contributed by atoms with van der Waals surface area (Å²) in [6.07, 6.45) is -2.00. The number of carbonyl (C=O) groups is 1. The van der Waals surface area contributed by atoms with Crippen molar-refractivity contribution in [3.63, 3.8) is 0 Å². The van der Waals surface area contributed by atoms with Crippen LogP contribution in [0.3, 0.4) is 0 Å². The summed E-state index contributed by atoms with van der Waals surface area (Å²) in [5.41, 5.74) is 5.83. The third kappa shape index (κ3) is 5.47. The van der Waals surface area contributed by atoms with Gasteiger partial charge in [0.1, 0.15) is 11.5 Å². The van der Waals surface area contributed by atoms with Crippen LogP contribution in [0.4, 0.5) is 17.6 Å². The number of carbonyl (C=O) groups excluding carboxylic acids is 1. The van der Waals surface area contributed by atoms with E-state index in [1.54, 1.807) is 13.0 Å². The molecule has 0 saturated carbocycles. The molecule has 0 amide bonds. The fourth-order valence-corrected chi connectivity index (χ4v) is 3.92. The third-order valence-corrected chi connectivity index (χ3v) is 5.26. The van der Waals surface area contributed by atoms with E-state index in [1.807, 2.05) is 0 Å². The van der Waals surface area contributed by atoms with Crippen molar-refractivity contribution in [3.05, 3.63) is 53.2 Å². The number of benzene rings is 1. The van der Waals surface area contributed by atoms with Gasteiger partial charge in [-0.1, -0.05) is 17.8 Å². The first-order chi connectivity index (χ1) is 14.1. The van der Waals surface area contributed by atoms with E-state index in [-0.39, 0.29) is 18.0 Å². The Labute approximate surface area is 174 Å². The van der Waals surface area contributed by atoms with Crippen molar-refractivity contribution in [2.75, 3.05) is 12.4 Å². The van der Waals surface area contributed by atoms with Gasteiger partial charge in [0.2, 0.25) is 5.88 Å². The van der Waals surface area contributed by atoms with Crippen LogP contribution >= 0.6 is 11.8 Å². The number of hydrogen-bond donors (Lipinski definition) is 1. The molecule has 2 N–H and O–H groups in total. The lowest BCUT2D eigenvalue weighted by Gasteiger charge is -2.30. The minimum absolute atomic E-state index is 0.0391. The van der Waals surface area contributed by atoms with Crippen LogP contribution in [0.25, 0.3) is 0 Å². The highest BCUT2D eigenvalue weighted by atomic mass is 32.2. The number of halogens is 4. The molecule has 1 aliphatic heterocycles. The Hall–Kier alpha value is -2.69. The number of aromatic nitrogens is 2. The average molecular weight is 442 g/mol. The monoisotopic (exact) mass is 442 g/mol. The number of nitrogens with two attached hydrogens (primary N) is 1. The third-order valence-electron chi connectivity index (χ3n) is 4.47. The fraction of sp³-hybridized carbons (Fsp3) is 0.368. The Morgan fingerprint density at radius 3 is 2.70 bits per heavy atom. The summed E-state index contributed by atoms with van der Waals surface area (Å²) >= 11 is 1.40. The Bertz CT molecular complexity index is 966. The zero-order valence-corrected chi connectivity index (χ0v) is 16.7. The number of alkyl halides is 3. The topological polar surface area (TPSA) is 90.5 Å². The summed E-state index contributed by atoms with van der Waals surface area (Å²) in [7, 11) is 0. The molecule has 160 valence electrons. The molecule has 1 aliphatic rings. The van der Waals surface area contributed by atoms with Gasteiger partial charge in [-0.2, -0.15) is 13.2 Å². The van der Waals surface area contributed by atoms with E-state index in [9.17, 15) is 22.4 Å². The Kier molecular flexibility index (Phi) is 6.30. The van der Waals surface area contributed by atoms with Gasteiger partial charge in [-0.3, -0.25) is 9.79 Å². The second-order valence-corrected chi connectivity index (χ2v) is 8.00. The van der Waals surface area contributed by atoms with Crippen molar-refractivity contribution in [1.29, 1.82) is 0 Å². The van der Waals surface area contributed by atoms with Crippen LogP contribution in [0.2, 0.25) is 0 Å². The smallest absolute Gasteiger partial charge is 0.422 e. The largest absolute Gasteiger partial charge is 0.467 e. The maximum atomic E-state index is 14.5. The lowest BCUT2D eigenvalue weighted by atomic mass is 9.87. The van der Waals surface area contributed by atoms with Crippen molar-refractivity contribution < 1.29 is 27.1 Å². The van der Waals surface area contributed by atoms with Crippen LogP contribution in [0.15, 0.2) is 35.6 Å². The Morgan fingerprint density at radius 1 is 1.30 bits per heavy atom. The van der Waals surface area contributed by atoms with E-state index < -0.39 is 29.9 Å². The first-order valence-electron chi connectivity index (χ1n) is 8.87. The Balaban J connectivity index is 1.74. The molecule has 0 radical (unpaired) electrons. The highest BCUT2D eigenvalue weighted by molar-refractivity contribution is 8.13. The van der Waals surface area contributed by atoms with Gasteiger partial charge in [0, 0.05) is 17.7 Å². The van der Waals surface area contributed by atoms with Crippen LogP contribution in [0, 0.1) is 5.82 Å². The molecule has 0 fully saturated rings. The second-order valence-electron chi connectivity index (χ2n) is 6.88. The van der Waals surface area contributed by atoms with Crippen LogP contribution in [-0.2, 0) is 12.0 Å². The molecule has 1 atom stereocenters. The van der Waals surface area contributed by atoms with Crippen molar-refractivity contribution in [1.82, 2.24) is 9.97 Å². The van der Waals surface area contributed by atoms with Gasteiger partial charge in [-0.05, 0) is 31.0 Å². The van der Waals surface area contributed by atoms with E-state index in [0.29, 0.717) is 28.5 Å². The van der Waals surface area contributed by atoms with Crippen LogP contribution in [-0.4, -0.2) is 39.5 Å². The van der Waals surface area contributed by atoms with Crippen LogP contribution < -0.4 is 10.5 Å². The van der Waals surface area contributed by atoms with E-state index in [0.717, 1.165) is 12.4 Å². The molecule has 0 spiro atoms. The quantitative estimate of drug-likeness (QED) is 0.543. The van der Waals surface area contributed by atoms with Gasteiger partial charge in [0.15, 0.2) is 17.6 Å². The molecule has 11 heteroatoms. The molecular weight excluding hydrogens is 424 g/mol. The van der Waals surface area contributed by atoms with Crippen molar-refractivity contribution in [3.8, 4) is 5.88 Å². The maximum Gasteiger partial charge on any atom is 0.422 e. The molecule has 2 aromatic rings. The summed E-state index contributed by atoms with van der Waals surface area (Å²) in [5.74, 6) is -0.503. The molecule has 1 aromatic carbocycles. The minimum Gasteiger partial charge on any atom is -0.467 e. The number of amidine groups is 1. The predicted octanol–water partition coefficient (Wildman–Crippen LogP) is 3.65. The lowest BCUT2D eigenvalue weighted by Crippen LogP contribution is -2.29. The summed E-state index contributed by atoms with van der Waals surface area (Å²) in [4.78, 5) is 24.3. The van der Waals surface area contributed by atoms with E-state index in [2.05, 4.69) is 19.7 Å². The number of hydrogen-bond acceptors (Lipinski definition) is 7. The van der Waals surface area contributed by atoms with Crippen molar-refractivity contribution in [2.45, 2.75) is 31.5 Å². The highest BCUT2D eigenvalue weighted by Gasteiger charge is 2.32. The molecule has 6 nitrogen and oxygen atoms in total. The number of ketones is 1. The van der Waals surface area contributed by atoms with Gasteiger partial charge < -0.3 is 10.5 Å². The number of ether oxygens (including phenoxy) is 1. The highest BCUT2D eigenvalue weighted by Crippen LogP contribution is 2.36. The minimum atomic E-state index is -4.50. The molecule has 1 aromatic heterocycles. The number of rotatable bonds is 6. The predicted molar refractivity (Wildman–Crippen MR) is 104 cm³/mol. The maximum absolute atomic E-state index is 14.5. The number of thioether (sulfide) groups is 1. The average Bonchev–Trinajstić information content (AvgIpc) is 2.67. The first-order valence-corrected chi connectivity index (χ1v) is 9.86.